The van der Waals surface area contributed by atoms with E-state index in [-0.39, 0.29) is 13.0 Å². The van der Waals surface area contributed by atoms with Crippen molar-refractivity contribution in [1.29, 1.82) is 0 Å². The molecule has 96 valence electrons. The molecule has 0 unspecified atom stereocenters. The number of alkyl halides is 3. The number of hydrogen-bond donors (Lipinski definition) is 1. The van der Waals surface area contributed by atoms with Crippen molar-refractivity contribution in [3.63, 3.8) is 0 Å². The molecule has 0 saturated heterocycles. The molecule has 0 aliphatic rings. The van der Waals surface area contributed by atoms with E-state index in [0.29, 0.717) is 6.54 Å². The maximum absolute atomic E-state index is 12.1. The second kappa shape index (κ2) is 6.02. The fourth-order valence-corrected chi connectivity index (χ4v) is 1.48. The van der Waals surface area contributed by atoms with Gasteiger partial charge in [0.25, 0.3) is 0 Å². The first kappa shape index (κ1) is 14.0. The standard InChI is InChI=1S/C12H16F3NO/c1-16(8-7-11(17)12(13,14)15)9-10-5-3-2-4-6-10/h2-6,11,17H,7-9H2,1H3/t11-/m0/s1. The molecule has 2 nitrogen and oxygen atoms in total. The second-order valence-corrected chi connectivity index (χ2v) is 4.07. The van der Waals surface area contributed by atoms with Crippen LogP contribution in [-0.2, 0) is 6.54 Å². The molecule has 0 bridgehead atoms. The monoisotopic (exact) mass is 247 g/mol. The van der Waals surface area contributed by atoms with Crippen molar-refractivity contribution in [2.24, 2.45) is 0 Å². The Bertz CT molecular complexity index is 326. The van der Waals surface area contributed by atoms with Gasteiger partial charge in [-0.25, -0.2) is 0 Å². The number of aliphatic hydroxyl groups is 1. The van der Waals surface area contributed by atoms with E-state index in [2.05, 4.69) is 0 Å². The molecule has 1 rings (SSSR count). The lowest BCUT2D eigenvalue weighted by atomic mass is 10.2. The van der Waals surface area contributed by atoms with Gasteiger partial charge in [0, 0.05) is 13.1 Å². The molecule has 0 aliphatic carbocycles. The minimum Gasteiger partial charge on any atom is -0.384 e. The first-order valence-corrected chi connectivity index (χ1v) is 5.37. The summed E-state index contributed by atoms with van der Waals surface area (Å²) in [7, 11) is 1.73. The fourth-order valence-electron chi connectivity index (χ4n) is 1.48. The highest BCUT2D eigenvalue weighted by molar-refractivity contribution is 5.14. The van der Waals surface area contributed by atoms with Crippen molar-refractivity contribution in [3.8, 4) is 0 Å². The Morgan fingerprint density at radius 1 is 1.24 bits per heavy atom. The van der Waals surface area contributed by atoms with Gasteiger partial charge in [0.1, 0.15) is 0 Å². The van der Waals surface area contributed by atoms with E-state index in [1.807, 2.05) is 30.3 Å². The van der Waals surface area contributed by atoms with E-state index < -0.39 is 12.3 Å². The minimum atomic E-state index is -4.52. The summed E-state index contributed by atoms with van der Waals surface area (Å²) in [6.45, 7) is 0.779. The van der Waals surface area contributed by atoms with Crippen LogP contribution in [-0.4, -0.2) is 35.9 Å². The first-order chi connectivity index (χ1) is 7.89. The summed E-state index contributed by atoms with van der Waals surface area (Å²) in [6.07, 6.45) is -7.05. The van der Waals surface area contributed by atoms with Crippen LogP contribution in [0.25, 0.3) is 0 Å². The summed E-state index contributed by atoms with van der Waals surface area (Å²) in [5.41, 5.74) is 1.04. The predicted molar refractivity (Wildman–Crippen MR) is 59.5 cm³/mol. The van der Waals surface area contributed by atoms with Crippen molar-refractivity contribution in [3.05, 3.63) is 35.9 Å². The van der Waals surface area contributed by atoms with Gasteiger partial charge in [0.2, 0.25) is 0 Å². The average Bonchev–Trinajstić information content (AvgIpc) is 2.26. The van der Waals surface area contributed by atoms with Gasteiger partial charge in [-0.1, -0.05) is 30.3 Å². The smallest absolute Gasteiger partial charge is 0.384 e. The molecule has 0 spiro atoms. The average molecular weight is 247 g/mol. The van der Waals surface area contributed by atoms with Gasteiger partial charge in [0.05, 0.1) is 0 Å². The van der Waals surface area contributed by atoms with E-state index >= 15 is 0 Å². The van der Waals surface area contributed by atoms with Crippen LogP contribution in [0, 0.1) is 0 Å². The van der Waals surface area contributed by atoms with E-state index in [9.17, 15) is 13.2 Å². The minimum absolute atomic E-state index is 0.204. The lowest BCUT2D eigenvalue weighted by Gasteiger charge is -2.20. The molecule has 1 aromatic carbocycles. The normalized spacial score (nSPS) is 14.0. The Labute approximate surface area is 98.7 Å². The Hall–Kier alpha value is -1.07. The van der Waals surface area contributed by atoms with Gasteiger partial charge in [-0.15, -0.1) is 0 Å². The van der Waals surface area contributed by atoms with Gasteiger partial charge < -0.3 is 10.0 Å². The topological polar surface area (TPSA) is 23.5 Å². The predicted octanol–water partition coefficient (Wildman–Crippen LogP) is 2.43. The molecule has 0 radical (unpaired) electrons. The van der Waals surface area contributed by atoms with Crippen molar-refractivity contribution in [2.75, 3.05) is 13.6 Å². The molecule has 0 heterocycles. The molecule has 0 aromatic heterocycles. The molecule has 17 heavy (non-hydrogen) atoms. The summed E-state index contributed by atoms with van der Waals surface area (Å²) in [5, 5.41) is 8.85. The highest BCUT2D eigenvalue weighted by Gasteiger charge is 2.37. The lowest BCUT2D eigenvalue weighted by Crippen LogP contribution is -2.32. The maximum atomic E-state index is 12.1. The number of halogens is 3. The zero-order chi connectivity index (χ0) is 12.9. The van der Waals surface area contributed by atoms with Crippen LogP contribution in [0.15, 0.2) is 30.3 Å². The summed E-state index contributed by atoms with van der Waals surface area (Å²) >= 11 is 0. The highest BCUT2D eigenvalue weighted by atomic mass is 19.4. The van der Waals surface area contributed by atoms with E-state index in [1.54, 1.807) is 11.9 Å². The number of nitrogens with zero attached hydrogens (tertiary/aromatic N) is 1. The van der Waals surface area contributed by atoms with Crippen molar-refractivity contribution >= 4 is 0 Å². The van der Waals surface area contributed by atoms with E-state index in [1.165, 1.54) is 0 Å². The SMILES string of the molecule is CN(CC[C@H](O)C(F)(F)F)Cc1ccccc1. The lowest BCUT2D eigenvalue weighted by molar-refractivity contribution is -0.206. The van der Waals surface area contributed by atoms with Crippen molar-refractivity contribution in [1.82, 2.24) is 4.90 Å². The van der Waals surface area contributed by atoms with Crippen LogP contribution in [0.2, 0.25) is 0 Å². The zero-order valence-electron chi connectivity index (χ0n) is 9.61. The van der Waals surface area contributed by atoms with Crippen LogP contribution < -0.4 is 0 Å². The van der Waals surface area contributed by atoms with Crippen molar-refractivity contribution in [2.45, 2.75) is 25.2 Å². The molecule has 5 heteroatoms. The quantitative estimate of drug-likeness (QED) is 0.863. The summed E-state index contributed by atoms with van der Waals surface area (Å²) in [5.74, 6) is 0. The third kappa shape index (κ3) is 5.19. The molecule has 0 aliphatic heterocycles. The third-order valence-corrected chi connectivity index (χ3v) is 2.46. The summed E-state index contributed by atoms with van der Waals surface area (Å²) in [6, 6.07) is 9.48. The van der Waals surface area contributed by atoms with Crippen LogP contribution in [0.1, 0.15) is 12.0 Å². The third-order valence-electron chi connectivity index (χ3n) is 2.46. The Balaban J connectivity index is 2.33. The largest absolute Gasteiger partial charge is 0.414 e. The molecule has 0 saturated carbocycles. The Kier molecular flexibility index (Phi) is 4.96. The molecule has 1 atom stereocenters. The van der Waals surface area contributed by atoms with Crippen molar-refractivity contribution < 1.29 is 18.3 Å². The summed E-state index contributed by atoms with van der Waals surface area (Å²) < 4.78 is 36.2. The highest BCUT2D eigenvalue weighted by Crippen LogP contribution is 2.22. The van der Waals surface area contributed by atoms with E-state index in [0.717, 1.165) is 5.56 Å². The first-order valence-electron chi connectivity index (χ1n) is 5.37. The number of benzene rings is 1. The van der Waals surface area contributed by atoms with Gasteiger partial charge in [0.15, 0.2) is 6.10 Å². The number of hydrogen-bond acceptors (Lipinski definition) is 2. The molecular weight excluding hydrogens is 231 g/mol. The fraction of sp³-hybridized carbons (Fsp3) is 0.500. The summed E-state index contributed by atoms with van der Waals surface area (Å²) in [4.78, 5) is 1.75. The molecule has 0 amide bonds. The number of aliphatic hydroxyl groups excluding tert-OH is 1. The van der Waals surface area contributed by atoms with Crippen LogP contribution >= 0.6 is 0 Å². The van der Waals surface area contributed by atoms with Crippen LogP contribution in [0.3, 0.4) is 0 Å². The Morgan fingerprint density at radius 3 is 2.35 bits per heavy atom. The van der Waals surface area contributed by atoms with Gasteiger partial charge >= 0.3 is 6.18 Å². The Morgan fingerprint density at radius 2 is 1.82 bits per heavy atom. The molecule has 0 fully saturated rings. The second-order valence-electron chi connectivity index (χ2n) is 4.07. The van der Waals surface area contributed by atoms with Gasteiger partial charge in [-0.2, -0.15) is 13.2 Å². The van der Waals surface area contributed by atoms with Crippen LogP contribution in [0.5, 0.6) is 0 Å². The van der Waals surface area contributed by atoms with Crippen LogP contribution in [0.4, 0.5) is 13.2 Å². The van der Waals surface area contributed by atoms with Gasteiger partial charge in [-0.3, -0.25) is 0 Å². The number of rotatable bonds is 5. The van der Waals surface area contributed by atoms with Gasteiger partial charge in [-0.05, 0) is 19.0 Å². The molecular formula is C12H16F3NO. The molecule has 1 aromatic rings. The zero-order valence-corrected chi connectivity index (χ0v) is 9.61. The van der Waals surface area contributed by atoms with E-state index in [4.69, 9.17) is 5.11 Å². The maximum Gasteiger partial charge on any atom is 0.414 e. The molecule has 1 N–H and O–H groups in total.